The molecule has 5 heteroatoms. The van der Waals surface area contributed by atoms with Gasteiger partial charge in [-0.05, 0) is 30.3 Å². The molecule has 0 unspecified atom stereocenters. The molecule has 18 heavy (non-hydrogen) atoms. The van der Waals surface area contributed by atoms with Crippen molar-refractivity contribution in [2.24, 2.45) is 0 Å². The summed E-state index contributed by atoms with van der Waals surface area (Å²) in [7, 11) is 1.26. The van der Waals surface area contributed by atoms with E-state index in [1.165, 1.54) is 36.6 Å². The maximum Gasteiger partial charge on any atom is 0.338 e. The minimum absolute atomic E-state index is 0.276. The molecule has 1 aromatic heterocycles. The number of esters is 1. The molecule has 2 rings (SSSR count). The Kier molecular flexibility index (Phi) is 3.53. The highest BCUT2D eigenvalue weighted by molar-refractivity contribution is 7.17. The van der Waals surface area contributed by atoms with Crippen LogP contribution in [0.4, 0.5) is 4.39 Å². The zero-order valence-electron chi connectivity index (χ0n) is 9.48. The van der Waals surface area contributed by atoms with Gasteiger partial charge in [-0.2, -0.15) is 0 Å². The third-order valence-corrected chi connectivity index (χ3v) is 3.44. The molecule has 1 heterocycles. The van der Waals surface area contributed by atoms with Crippen molar-refractivity contribution < 1.29 is 18.7 Å². The zero-order valence-corrected chi connectivity index (χ0v) is 10.3. The molecule has 0 amide bonds. The van der Waals surface area contributed by atoms with Crippen molar-refractivity contribution in [1.29, 1.82) is 0 Å². The van der Waals surface area contributed by atoms with Crippen LogP contribution in [-0.4, -0.2) is 19.4 Å². The summed E-state index contributed by atoms with van der Waals surface area (Å²) >= 11 is 1.19. The lowest BCUT2D eigenvalue weighted by Crippen LogP contribution is -2.03. The first-order chi connectivity index (χ1) is 8.65. The summed E-state index contributed by atoms with van der Waals surface area (Å²) < 4.78 is 17.9. The summed E-state index contributed by atoms with van der Waals surface area (Å²) in [6.07, 6.45) is 0.714. The van der Waals surface area contributed by atoms with Crippen LogP contribution in [0.15, 0.2) is 30.3 Å². The van der Waals surface area contributed by atoms with Crippen molar-refractivity contribution in [3.63, 3.8) is 0 Å². The van der Waals surface area contributed by atoms with E-state index >= 15 is 0 Å². The van der Waals surface area contributed by atoms with Crippen molar-refractivity contribution in [2.75, 3.05) is 7.11 Å². The van der Waals surface area contributed by atoms with Gasteiger partial charge in [-0.3, -0.25) is 4.79 Å². The number of carbonyl (C=O) groups is 2. The fourth-order valence-electron chi connectivity index (χ4n) is 1.57. The first kappa shape index (κ1) is 12.4. The first-order valence-electron chi connectivity index (χ1n) is 5.09. The molecule has 0 saturated heterocycles. The van der Waals surface area contributed by atoms with Gasteiger partial charge in [0.05, 0.1) is 17.6 Å². The molecule has 0 aliphatic carbocycles. The average Bonchev–Trinajstić information content (AvgIpc) is 2.86. The van der Waals surface area contributed by atoms with E-state index in [9.17, 15) is 14.0 Å². The van der Waals surface area contributed by atoms with Crippen LogP contribution >= 0.6 is 11.3 Å². The normalized spacial score (nSPS) is 10.1. The van der Waals surface area contributed by atoms with E-state index in [2.05, 4.69) is 4.74 Å². The Bertz CT molecular complexity index is 604. The number of ether oxygens (including phenoxy) is 1. The third kappa shape index (κ3) is 2.31. The van der Waals surface area contributed by atoms with Gasteiger partial charge in [0, 0.05) is 10.4 Å². The van der Waals surface area contributed by atoms with Crippen LogP contribution in [0, 0.1) is 5.82 Å². The smallest absolute Gasteiger partial charge is 0.338 e. The molecule has 0 N–H and O–H groups in total. The van der Waals surface area contributed by atoms with Gasteiger partial charge in [0.2, 0.25) is 0 Å². The Labute approximate surface area is 107 Å². The van der Waals surface area contributed by atoms with Crippen LogP contribution in [0.25, 0.3) is 10.4 Å². The van der Waals surface area contributed by atoms with E-state index in [0.717, 1.165) is 0 Å². The number of halogens is 1. The molecular weight excluding hydrogens is 255 g/mol. The lowest BCUT2D eigenvalue weighted by molar-refractivity contribution is 0.0601. The summed E-state index contributed by atoms with van der Waals surface area (Å²) in [6, 6.07) is 7.13. The monoisotopic (exact) mass is 264 g/mol. The van der Waals surface area contributed by atoms with Crippen LogP contribution in [0.1, 0.15) is 20.0 Å². The second-order valence-corrected chi connectivity index (χ2v) is 4.62. The van der Waals surface area contributed by atoms with Gasteiger partial charge in [0.1, 0.15) is 5.82 Å². The number of hydrogen-bond acceptors (Lipinski definition) is 4. The van der Waals surface area contributed by atoms with E-state index < -0.39 is 11.8 Å². The molecule has 0 atom stereocenters. The van der Waals surface area contributed by atoms with Crippen molar-refractivity contribution >= 4 is 23.6 Å². The summed E-state index contributed by atoms with van der Waals surface area (Å²) in [5, 5.41) is 0. The number of carbonyl (C=O) groups excluding carboxylic acids is 2. The standard InChI is InChI=1S/C13H9FO3S/c1-17-13(16)10-4-2-8(14)6-11(10)12-5-3-9(7-15)18-12/h2-7H,1H3. The van der Waals surface area contributed by atoms with Crippen LogP contribution in [0.3, 0.4) is 0 Å². The molecule has 3 nitrogen and oxygen atoms in total. The van der Waals surface area contributed by atoms with E-state index in [4.69, 9.17) is 0 Å². The number of methoxy groups -OCH3 is 1. The van der Waals surface area contributed by atoms with Gasteiger partial charge in [-0.1, -0.05) is 0 Å². The minimum Gasteiger partial charge on any atom is -0.465 e. The highest BCUT2D eigenvalue weighted by atomic mass is 32.1. The Morgan fingerprint density at radius 1 is 1.33 bits per heavy atom. The molecule has 1 aromatic carbocycles. The summed E-state index contributed by atoms with van der Waals surface area (Å²) in [5.74, 6) is -0.982. The molecule has 0 spiro atoms. The van der Waals surface area contributed by atoms with Crippen LogP contribution < -0.4 is 0 Å². The van der Waals surface area contributed by atoms with Crippen molar-refractivity contribution in [1.82, 2.24) is 0 Å². The molecular formula is C13H9FO3S. The molecule has 0 fully saturated rings. The predicted molar refractivity (Wildman–Crippen MR) is 66.4 cm³/mol. The van der Waals surface area contributed by atoms with Gasteiger partial charge in [0.15, 0.2) is 6.29 Å². The number of rotatable bonds is 3. The van der Waals surface area contributed by atoms with Crippen LogP contribution in [0.5, 0.6) is 0 Å². The van der Waals surface area contributed by atoms with E-state index in [1.54, 1.807) is 12.1 Å². The zero-order chi connectivity index (χ0) is 13.1. The second-order valence-electron chi connectivity index (χ2n) is 3.50. The van der Waals surface area contributed by atoms with Crippen molar-refractivity contribution in [2.45, 2.75) is 0 Å². The maximum atomic E-state index is 13.3. The highest BCUT2D eigenvalue weighted by Gasteiger charge is 2.15. The van der Waals surface area contributed by atoms with E-state index in [-0.39, 0.29) is 5.56 Å². The average molecular weight is 264 g/mol. The van der Waals surface area contributed by atoms with Crippen LogP contribution in [0.2, 0.25) is 0 Å². The lowest BCUT2D eigenvalue weighted by Gasteiger charge is -2.06. The first-order valence-corrected chi connectivity index (χ1v) is 5.90. The fraction of sp³-hybridized carbons (Fsp3) is 0.0769. The maximum absolute atomic E-state index is 13.3. The molecule has 0 aliphatic heterocycles. The Balaban J connectivity index is 2.57. The summed E-state index contributed by atoms with van der Waals surface area (Å²) in [4.78, 5) is 23.4. The van der Waals surface area contributed by atoms with E-state index in [1.807, 2.05) is 0 Å². The SMILES string of the molecule is COC(=O)c1ccc(F)cc1-c1ccc(C=O)s1. The highest BCUT2D eigenvalue weighted by Crippen LogP contribution is 2.31. The molecule has 0 aliphatic rings. The molecule has 0 saturated carbocycles. The van der Waals surface area contributed by atoms with Gasteiger partial charge in [-0.15, -0.1) is 11.3 Å². The van der Waals surface area contributed by atoms with Gasteiger partial charge < -0.3 is 4.74 Å². The van der Waals surface area contributed by atoms with Gasteiger partial charge in [0.25, 0.3) is 0 Å². The summed E-state index contributed by atoms with van der Waals surface area (Å²) in [5.41, 5.74) is 0.707. The quantitative estimate of drug-likeness (QED) is 0.631. The molecule has 92 valence electrons. The van der Waals surface area contributed by atoms with Crippen molar-refractivity contribution in [3.8, 4) is 10.4 Å². The van der Waals surface area contributed by atoms with E-state index in [0.29, 0.717) is 21.6 Å². The Morgan fingerprint density at radius 3 is 2.72 bits per heavy atom. The minimum atomic E-state index is -0.536. The van der Waals surface area contributed by atoms with Gasteiger partial charge in [-0.25, -0.2) is 9.18 Å². The number of aldehydes is 1. The topological polar surface area (TPSA) is 43.4 Å². The predicted octanol–water partition coefficient (Wildman–Crippen LogP) is 3.15. The number of hydrogen-bond donors (Lipinski definition) is 0. The molecule has 0 radical (unpaired) electrons. The summed E-state index contributed by atoms with van der Waals surface area (Å²) in [6.45, 7) is 0. The largest absolute Gasteiger partial charge is 0.465 e. The second kappa shape index (κ2) is 5.10. The fourth-order valence-corrected chi connectivity index (χ4v) is 2.42. The van der Waals surface area contributed by atoms with Crippen molar-refractivity contribution in [3.05, 3.63) is 46.6 Å². The number of thiophene rings is 1. The third-order valence-electron chi connectivity index (χ3n) is 2.40. The number of benzene rings is 1. The van der Waals surface area contributed by atoms with Gasteiger partial charge >= 0.3 is 5.97 Å². The lowest BCUT2D eigenvalue weighted by atomic mass is 10.1. The van der Waals surface area contributed by atoms with Crippen LogP contribution in [-0.2, 0) is 4.74 Å². The molecule has 2 aromatic rings. The molecule has 0 bridgehead atoms. The Morgan fingerprint density at radius 2 is 2.11 bits per heavy atom. The Hall–Kier alpha value is -2.01.